The number of aryl methyl sites for hydroxylation is 1. The second-order valence-electron chi connectivity index (χ2n) is 3.71. The number of nitrogens with zero attached hydrogens (tertiary/aromatic N) is 2. The maximum atomic E-state index is 9.14. The highest BCUT2D eigenvalue weighted by Gasteiger charge is 2.08. The number of nitrogens with one attached hydrogen (secondary N) is 1. The van der Waals surface area contributed by atoms with Gasteiger partial charge in [-0.3, -0.25) is 0 Å². The van der Waals surface area contributed by atoms with Crippen LogP contribution >= 0.6 is 34.2 Å². The molecule has 0 atom stereocenters. The van der Waals surface area contributed by atoms with Gasteiger partial charge in [0.05, 0.1) is 16.3 Å². The van der Waals surface area contributed by atoms with Crippen molar-refractivity contribution in [2.45, 2.75) is 6.92 Å². The molecule has 1 N–H and O–H groups in total. The van der Waals surface area contributed by atoms with E-state index in [9.17, 15) is 0 Å². The molecule has 0 fully saturated rings. The summed E-state index contributed by atoms with van der Waals surface area (Å²) < 4.78 is 1.06. The Balaban J connectivity index is 2.44. The minimum absolute atomic E-state index is 0.529. The molecule has 5 heteroatoms. The van der Waals surface area contributed by atoms with Crippen molar-refractivity contribution >= 4 is 45.7 Å². The number of anilines is 2. The van der Waals surface area contributed by atoms with Crippen LogP contribution < -0.4 is 5.32 Å². The van der Waals surface area contributed by atoms with Crippen LogP contribution in [0.1, 0.15) is 11.1 Å². The van der Waals surface area contributed by atoms with Crippen molar-refractivity contribution < 1.29 is 0 Å². The lowest BCUT2D eigenvalue weighted by Gasteiger charge is -2.10. The van der Waals surface area contributed by atoms with E-state index in [1.54, 1.807) is 12.3 Å². The van der Waals surface area contributed by atoms with E-state index in [1.165, 1.54) is 0 Å². The Hall–Kier alpha value is -1.32. The lowest BCUT2D eigenvalue weighted by atomic mass is 10.1. The van der Waals surface area contributed by atoms with Gasteiger partial charge in [-0.1, -0.05) is 11.6 Å². The number of hydrogen-bond donors (Lipinski definition) is 1. The van der Waals surface area contributed by atoms with Crippen LogP contribution in [0.25, 0.3) is 0 Å². The number of benzene rings is 1. The quantitative estimate of drug-likeness (QED) is 0.805. The van der Waals surface area contributed by atoms with Crippen LogP contribution in [0.3, 0.4) is 0 Å². The molecule has 0 unspecified atom stereocenters. The molecule has 1 heterocycles. The van der Waals surface area contributed by atoms with Crippen LogP contribution in [0.5, 0.6) is 0 Å². The molecule has 0 aliphatic carbocycles. The number of rotatable bonds is 2. The van der Waals surface area contributed by atoms with Gasteiger partial charge in [0.15, 0.2) is 0 Å². The van der Waals surface area contributed by atoms with Crippen molar-refractivity contribution in [2.24, 2.45) is 0 Å². The number of pyridine rings is 1. The Kier molecular flexibility index (Phi) is 4.04. The number of nitriles is 1. The van der Waals surface area contributed by atoms with Gasteiger partial charge in [0.1, 0.15) is 11.9 Å². The zero-order chi connectivity index (χ0) is 13.1. The summed E-state index contributed by atoms with van der Waals surface area (Å²) in [5, 5.41) is 12.8. The predicted octanol–water partition coefficient (Wildman–Crippen LogP) is 4.26. The minimum Gasteiger partial charge on any atom is -0.338 e. The average molecular weight is 370 g/mol. The third kappa shape index (κ3) is 2.74. The minimum atomic E-state index is 0.529. The van der Waals surface area contributed by atoms with Crippen LogP contribution in [0.2, 0.25) is 5.02 Å². The Morgan fingerprint density at radius 2 is 2.17 bits per heavy atom. The first-order valence-corrected chi connectivity index (χ1v) is 6.65. The van der Waals surface area contributed by atoms with E-state index in [0.29, 0.717) is 16.4 Å². The molecule has 0 saturated heterocycles. The second kappa shape index (κ2) is 5.55. The molecule has 0 radical (unpaired) electrons. The Bertz CT molecular complexity index is 635. The maximum absolute atomic E-state index is 9.14. The lowest BCUT2D eigenvalue weighted by Crippen LogP contribution is -1.99. The van der Waals surface area contributed by atoms with Crippen molar-refractivity contribution in [3.8, 4) is 6.07 Å². The molecule has 90 valence electrons. The molecule has 0 aliphatic heterocycles. The van der Waals surface area contributed by atoms with Crippen LogP contribution in [0.4, 0.5) is 11.5 Å². The molecule has 2 aromatic rings. The first kappa shape index (κ1) is 13.1. The molecule has 2 rings (SSSR count). The summed E-state index contributed by atoms with van der Waals surface area (Å²) in [7, 11) is 0. The highest BCUT2D eigenvalue weighted by Crippen LogP contribution is 2.28. The molecule has 3 nitrogen and oxygen atoms in total. The van der Waals surface area contributed by atoms with E-state index in [1.807, 2.05) is 25.1 Å². The first-order chi connectivity index (χ1) is 8.61. The van der Waals surface area contributed by atoms with Gasteiger partial charge >= 0.3 is 0 Å². The van der Waals surface area contributed by atoms with E-state index in [4.69, 9.17) is 16.9 Å². The molecule has 0 aliphatic rings. The molecular weight excluding hydrogens is 361 g/mol. The third-order valence-corrected chi connectivity index (χ3v) is 3.45. The van der Waals surface area contributed by atoms with Gasteiger partial charge in [-0.2, -0.15) is 5.26 Å². The Morgan fingerprint density at radius 1 is 1.39 bits per heavy atom. The monoisotopic (exact) mass is 369 g/mol. The number of hydrogen-bond acceptors (Lipinski definition) is 3. The summed E-state index contributed by atoms with van der Waals surface area (Å²) >= 11 is 8.31. The van der Waals surface area contributed by atoms with Crippen LogP contribution in [0.15, 0.2) is 30.5 Å². The van der Waals surface area contributed by atoms with Gasteiger partial charge < -0.3 is 5.32 Å². The Labute approximate surface area is 124 Å². The Morgan fingerprint density at radius 3 is 2.89 bits per heavy atom. The summed E-state index contributed by atoms with van der Waals surface area (Å²) in [6, 6.07) is 9.60. The standard InChI is InChI=1S/C13H9ClIN3/c1-8-4-5-17-13(10(8)7-16)18-12-6-9(15)2-3-11(12)14/h2-6H,1H3,(H,17,18). The summed E-state index contributed by atoms with van der Waals surface area (Å²) in [4.78, 5) is 4.18. The van der Waals surface area contributed by atoms with Gasteiger partial charge in [-0.05, 0) is 59.3 Å². The largest absolute Gasteiger partial charge is 0.338 e. The van der Waals surface area contributed by atoms with Crippen LogP contribution in [-0.2, 0) is 0 Å². The maximum Gasteiger partial charge on any atom is 0.148 e. The highest BCUT2D eigenvalue weighted by molar-refractivity contribution is 14.1. The van der Waals surface area contributed by atoms with Crippen LogP contribution in [0, 0.1) is 21.8 Å². The average Bonchev–Trinajstić information content (AvgIpc) is 2.34. The zero-order valence-electron chi connectivity index (χ0n) is 9.54. The normalized spacial score (nSPS) is 9.89. The molecule has 0 amide bonds. The molecule has 0 spiro atoms. The SMILES string of the molecule is Cc1ccnc(Nc2cc(I)ccc2Cl)c1C#N. The smallest absolute Gasteiger partial charge is 0.148 e. The van der Waals surface area contributed by atoms with Gasteiger partial charge in [0.25, 0.3) is 0 Å². The van der Waals surface area contributed by atoms with Gasteiger partial charge in [0, 0.05) is 9.77 Å². The molecule has 1 aromatic heterocycles. The van der Waals surface area contributed by atoms with Gasteiger partial charge in [-0.25, -0.2) is 4.98 Å². The third-order valence-electron chi connectivity index (χ3n) is 2.45. The zero-order valence-corrected chi connectivity index (χ0v) is 12.5. The van der Waals surface area contributed by atoms with Gasteiger partial charge in [0.2, 0.25) is 0 Å². The van der Waals surface area contributed by atoms with Crippen molar-refractivity contribution in [3.05, 3.63) is 50.2 Å². The van der Waals surface area contributed by atoms with Crippen molar-refractivity contribution in [1.29, 1.82) is 5.26 Å². The number of aromatic nitrogens is 1. The van der Waals surface area contributed by atoms with Gasteiger partial charge in [-0.15, -0.1) is 0 Å². The molecule has 0 bridgehead atoms. The summed E-state index contributed by atoms with van der Waals surface area (Å²) in [5.74, 6) is 0.529. The van der Waals surface area contributed by atoms with Crippen molar-refractivity contribution in [2.75, 3.05) is 5.32 Å². The number of halogens is 2. The molecule has 1 aromatic carbocycles. The topological polar surface area (TPSA) is 48.7 Å². The fourth-order valence-electron chi connectivity index (χ4n) is 1.52. The molecule has 18 heavy (non-hydrogen) atoms. The van der Waals surface area contributed by atoms with E-state index >= 15 is 0 Å². The second-order valence-corrected chi connectivity index (χ2v) is 5.37. The fraction of sp³-hybridized carbons (Fsp3) is 0.0769. The van der Waals surface area contributed by atoms with E-state index in [0.717, 1.165) is 14.8 Å². The summed E-state index contributed by atoms with van der Waals surface area (Å²) in [6.07, 6.45) is 1.67. The van der Waals surface area contributed by atoms with E-state index in [-0.39, 0.29) is 0 Å². The fourth-order valence-corrected chi connectivity index (χ4v) is 2.17. The molecular formula is C13H9ClIN3. The summed E-state index contributed by atoms with van der Waals surface area (Å²) in [6.45, 7) is 1.88. The van der Waals surface area contributed by atoms with E-state index in [2.05, 4.69) is 39.0 Å². The van der Waals surface area contributed by atoms with Crippen molar-refractivity contribution in [1.82, 2.24) is 4.98 Å². The molecule has 0 saturated carbocycles. The van der Waals surface area contributed by atoms with Crippen LogP contribution in [-0.4, -0.2) is 4.98 Å². The highest BCUT2D eigenvalue weighted by atomic mass is 127. The first-order valence-electron chi connectivity index (χ1n) is 5.19. The lowest BCUT2D eigenvalue weighted by molar-refractivity contribution is 1.24. The van der Waals surface area contributed by atoms with Crippen molar-refractivity contribution in [3.63, 3.8) is 0 Å². The predicted molar refractivity (Wildman–Crippen MR) is 81.1 cm³/mol. The van der Waals surface area contributed by atoms with E-state index < -0.39 is 0 Å². The summed E-state index contributed by atoms with van der Waals surface area (Å²) in [5.41, 5.74) is 2.17.